The largest absolute Gasteiger partial charge is 0.450 e. The second-order valence-corrected chi connectivity index (χ2v) is 4.04. The van der Waals surface area contributed by atoms with E-state index in [0.29, 0.717) is 6.61 Å². The molecule has 0 unspecified atom stereocenters. The third kappa shape index (κ3) is 4.16. The third-order valence-electron chi connectivity index (χ3n) is 1.61. The summed E-state index contributed by atoms with van der Waals surface area (Å²) in [6, 6.07) is 7.45. The van der Waals surface area contributed by atoms with Gasteiger partial charge in [-0.2, -0.15) is 0 Å². The van der Waals surface area contributed by atoms with Crippen LogP contribution in [0.15, 0.2) is 28.7 Å². The van der Waals surface area contributed by atoms with E-state index in [2.05, 4.69) is 26.6 Å². The number of halogens is 1. The number of amides is 1. The zero-order chi connectivity index (χ0) is 12.0. The number of alkyl carbamates (subject to hydrolysis) is 1. The number of anilines is 1. The lowest BCUT2D eigenvalue weighted by atomic mass is 10.3. The van der Waals surface area contributed by atoms with Gasteiger partial charge in [0.2, 0.25) is 0 Å². The summed E-state index contributed by atoms with van der Waals surface area (Å²) in [5.74, 6) is 0. The second kappa shape index (κ2) is 6.44. The summed E-state index contributed by atoms with van der Waals surface area (Å²) in [6.07, 6.45) is -0.563. The van der Waals surface area contributed by atoms with Crippen molar-refractivity contribution < 1.29 is 9.53 Å². The molecule has 0 aromatic heterocycles. The van der Waals surface area contributed by atoms with Gasteiger partial charge in [0, 0.05) is 4.47 Å². The molecular formula is C10H11BrN2O2S. The van der Waals surface area contributed by atoms with E-state index in [0.717, 1.165) is 10.2 Å². The SMILES string of the molecule is CCOC(=O)NC(=S)Nc1ccccc1Br. The molecule has 0 saturated carbocycles. The fourth-order valence-electron chi connectivity index (χ4n) is 0.976. The van der Waals surface area contributed by atoms with Gasteiger partial charge in [0.1, 0.15) is 0 Å². The van der Waals surface area contributed by atoms with E-state index in [4.69, 9.17) is 17.0 Å². The summed E-state index contributed by atoms with van der Waals surface area (Å²) in [4.78, 5) is 11.1. The Balaban J connectivity index is 2.52. The molecule has 16 heavy (non-hydrogen) atoms. The highest BCUT2D eigenvalue weighted by Gasteiger charge is 2.05. The first-order valence-electron chi connectivity index (χ1n) is 4.62. The van der Waals surface area contributed by atoms with Crippen LogP contribution < -0.4 is 10.6 Å². The molecule has 0 fully saturated rings. The van der Waals surface area contributed by atoms with Crippen LogP contribution in [0.5, 0.6) is 0 Å². The minimum absolute atomic E-state index is 0.199. The third-order valence-corrected chi connectivity index (χ3v) is 2.51. The number of ether oxygens (including phenoxy) is 1. The molecule has 0 aliphatic carbocycles. The summed E-state index contributed by atoms with van der Waals surface area (Å²) in [5.41, 5.74) is 0.782. The van der Waals surface area contributed by atoms with Crippen molar-refractivity contribution in [2.75, 3.05) is 11.9 Å². The zero-order valence-electron chi connectivity index (χ0n) is 8.62. The first-order chi connectivity index (χ1) is 7.63. The van der Waals surface area contributed by atoms with E-state index in [-0.39, 0.29) is 5.11 Å². The van der Waals surface area contributed by atoms with Crippen LogP contribution in [0.3, 0.4) is 0 Å². The molecular weight excluding hydrogens is 292 g/mol. The maximum Gasteiger partial charge on any atom is 0.413 e. The Morgan fingerprint density at radius 2 is 2.19 bits per heavy atom. The lowest BCUT2D eigenvalue weighted by Gasteiger charge is -2.10. The highest BCUT2D eigenvalue weighted by Crippen LogP contribution is 2.20. The van der Waals surface area contributed by atoms with Crippen molar-refractivity contribution >= 4 is 45.0 Å². The lowest BCUT2D eigenvalue weighted by Crippen LogP contribution is -2.34. The standard InChI is InChI=1S/C10H11BrN2O2S/c1-2-15-10(14)13-9(16)12-8-6-4-3-5-7(8)11/h3-6H,2H2,1H3,(H2,12,13,14,16). The Kier molecular flexibility index (Phi) is 5.21. The summed E-state index contributed by atoms with van der Waals surface area (Å²) >= 11 is 8.30. The maximum atomic E-state index is 11.1. The van der Waals surface area contributed by atoms with Crippen LogP contribution in [0.4, 0.5) is 10.5 Å². The van der Waals surface area contributed by atoms with Crippen molar-refractivity contribution in [3.05, 3.63) is 28.7 Å². The topological polar surface area (TPSA) is 50.4 Å². The molecule has 1 aromatic carbocycles. The number of para-hydroxylation sites is 1. The van der Waals surface area contributed by atoms with Crippen molar-refractivity contribution in [3.8, 4) is 0 Å². The Hall–Kier alpha value is -1.14. The average molecular weight is 303 g/mol. The molecule has 1 rings (SSSR count). The number of hydrogen-bond acceptors (Lipinski definition) is 3. The molecule has 1 amide bonds. The number of carbonyl (C=O) groups excluding carboxylic acids is 1. The van der Waals surface area contributed by atoms with Gasteiger partial charge < -0.3 is 10.1 Å². The minimum atomic E-state index is -0.563. The number of hydrogen-bond donors (Lipinski definition) is 2. The van der Waals surface area contributed by atoms with Crippen molar-refractivity contribution in [2.24, 2.45) is 0 Å². The molecule has 0 aliphatic heterocycles. The molecule has 6 heteroatoms. The number of benzene rings is 1. The van der Waals surface area contributed by atoms with E-state index >= 15 is 0 Å². The monoisotopic (exact) mass is 302 g/mol. The first-order valence-corrected chi connectivity index (χ1v) is 5.83. The maximum absolute atomic E-state index is 11.1. The summed E-state index contributed by atoms with van der Waals surface area (Å²) in [7, 11) is 0. The smallest absolute Gasteiger partial charge is 0.413 e. The number of nitrogens with one attached hydrogen (secondary N) is 2. The van der Waals surface area contributed by atoms with Crippen molar-refractivity contribution in [1.82, 2.24) is 5.32 Å². The molecule has 0 heterocycles. The van der Waals surface area contributed by atoms with Gasteiger partial charge in [0.25, 0.3) is 0 Å². The van der Waals surface area contributed by atoms with Gasteiger partial charge in [-0.05, 0) is 47.2 Å². The molecule has 0 saturated heterocycles. The molecule has 0 bridgehead atoms. The van der Waals surface area contributed by atoms with Crippen LogP contribution in [0.2, 0.25) is 0 Å². The van der Waals surface area contributed by atoms with Crippen molar-refractivity contribution in [3.63, 3.8) is 0 Å². The second-order valence-electron chi connectivity index (χ2n) is 2.78. The van der Waals surface area contributed by atoms with Gasteiger partial charge in [0.15, 0.2) is 5.11 Å². The normalized spacial score (nSPS) is 9.38. The van der Waals surface area contributed by atoms with Crippen LogP contribution in [-0.2, 0) is 4.74 Å². The molecule has 0 aliphatic rings. The van der Waals surface area contributed by atoms with E-state index in [1.54, 1.807) is 6.92 Å². The van der Waals surface area contributed by atoms with Gasteiger partial charge in [-0.25, -0.2) is 4.79 Å². The minimum Gasteiger partial charge on any atom is -0.450 e. The highest BCUT2D eigenvalue weighted by molar-refractivity contribution is 9.10. The Bertz CT molecular complexity index is 398. The van der Waals surface area contributed by atoms with Gasteiger partial charge in [-0.15, -0.1) is 0 Å². The fourth-order valence-corrected chi connectivity index (χ4v) is 1.55. The predicted molar refractivity (Wildman–Crippen MR) is 70.5 cm³/mol. The zero-order valence-corrected chi connectivity index (χ0v) is 11.0. The van der Waals surface area contributed by atoms with Crippen LogP contribution in [-0.4, -0.2) is 17.8 Å². The highest BCUT2D eigenvalue weighted by atomic mass is 79.9. The summed E-state index contributed by atoms with van der Waals surface area (Å²) in [6.45, 7) is 2.04. The van der Waals surface area contributed by atoms with Crippen LogP contribution in [0.25, 0.3) is 0 Å². The van der Waals surface area contributed by atoms with Gasteiger partial charge in [0.05, 0.1) is 12.3 Å². The number of rotatable bonds is 2. The van der Waals surface area contributed by atoms with Gasteiger partial charge in [-0.3, -0.25) is 5.32 Å². The first kappa shape index (κ1) is 12.9. The Morgan fingerprint density at radius 3 is 2.81 bits per heavy atom. The van der Waals surface area contributed by atoms with Crippen LogP contribution >= 0.6 is 28.1 Å². The van der Waals surface area contributed by atoms with Gasteiger partial charge >= 0.3 is 6.09 Å². The average Bonchev–Trinajstić information content (AvgIpc) is 2.21. The van der Waals surface area contributed by atoms with E-state index in [9.17, 15) is 4.79 Å². The number of carbonyl (C=O) groups is 1. The molecule has 4 nitrogen and oxygen atoms in total. The van der Waals surface area contributed by atoms with E-state index in [1.807, 2.05) is 24.3 Å². The molecule has 0 radical (unpaired) electrons. The van der Waals surface area contributed by atoms with Crippen LogP contribution in [0, 0.1) is 0 Å². The Morgan fingerprint density at radius 1 is 1.50 bits per heavy atom. The summed E-state index contributed by atoms with van der Waals surface area (Å²) in [5, 5.41) is 5.47. The predicted octanol–water partition coefficient (Wildman–Crippen LogP) is 2.89. The number of thiocarbonyl (C=S) groups is 1. The lowest BCUT2D eigenvalue weighted by molar-refractivity contribution is 0.158. The molecule has 1 aromatic rings. The molecule has 2 N–H and O–H groups in total. The van der Waals surface area contributed by atoms with E-state index < -0.39 is 6.09 Å². The van der Waals surface area contributed by atoms with E-state index in [1.165, 1.54) is 0 Å². The Labute approximate surface area is 107 Å². The summed E-state index contributed by atoms with van der Waals surface area (Å²) < 4.78 is 5.56. The quantitative estimate of drug-likeness (QED) is 0.825. The van der Waals surface area contributed by atoms with Gasteiger partial charge in [-0.1, -0.05) is 12.1 Å². The van der Waals surface area contributed by atoms with Crippen molar-refractivity contribution in [2.45, 2.75) is 6.92 Å². The fraction of sp³-hybridized carbons (Fsp3) is 0.200. The van der Waals surface area contributed by atoms with Crippen LogP contribution in [0.1, 0.15) is 6.92 Å². The molecule has 0 atom stereocenters. The molecule has 86 valence electrons. The van der Waals surface area contributed by atoms with Crippen molar-refractivity contribution in [1.29, 1.82) is 0 Å². The molecule has 0 spiro atoms.